The van der Waals surface area contributed by atoms with Crippen LogP contribution < -0.4 is 19.9 Å². The number of aryl methyl sites for hydroxylation is 1. The minimum Gasteiger partial charge on any atom is -0.496 e. The Bertz CT molecular complexity index is 1060. The summed E-state index contributed by atoms with van der Waals surface area (Å²) in [5, 5.41) is 0. The van der Waals surface area contributed by atoms with Crippen molar-refractivity contribution < 1.29 is 17.9 Å². The predicted octanol–water partition coefficient (Wildman–Crippen LogP) is 3.19. The quantitative estimate of drug-likeness (QED) is 0.577. The lowest BCUT2D eigenvalue weighted by atomic mass is 9.82. The molecule has 7 heteroatoms. The van der Waals surface area contributed by atoms with E-state index in [4.69, 9.17) is 15.2 Å². The molecule has 0 atom stereocenters. The molecular weight excluding hydrogens is 400 g/mol. The smallest absolute Gasteiger partial charge is 0.241 e. The highest BCUT2D eigenvalue weighted by Crippen LogP contribution is 2.40. The maximum atomic E-state index is 13.4. The first kappa shape index (κ1) is 21.8. The Morgan fingerprint density at radius 3 is 1.73 bits per heavy atom. The molecule has 0 aliphatic carbocycles. The standard InChI is InChI=1S/C23H26N2O4S/c1-17-12-14-18(15-13-17)30(26,27)25-23(16-24,19-8-4-6-10-21(19)28-2)20-9-5-7-11-22(20)29-3/h4-15,25H,16,24H2,1-3H3. The normalized spacial score (nSPS) is 11.9. The van der Waals surface area contributed by atoms with Gasteiger partial charge in [-0.1, -0.05) is 54.1 Å². The molecule has 3 aromatic rings. The van der Waals surface area contributed by atoms with Crippen molar-refractivity contribution >= 4 is 10.0 Å². The highest BCUT2D eigenvalue weighted by atomic mass is 32.2. The Balaban J connectivity index is 2.28. The topological polar surface area (TPSA) is 90.6 Å². The Morgan fingerprint density at radius 2 is 1.30 bits per heavy atom. The lowest BCUT2D eigenvalue weighted by Gasteiger charge is -2.36. The summed E-state index contributed by atoms with van der Waals surface area (Å²) in [5.41, 5.74) is 7.13. The number of hydrogen-bond acceptors (Lipinski definition) is 5. The third-order valence-electron chi connectivity index (χ3n) is 5.08. The molecule has 0 aromatic heterocycles. The largest absolute Gasteiger partial charge is 0.496 e. The Morgan fingerprint density at radius 1 is 0.833 bits per heavy atom. The SMILES string of the molecule is COc1ccccc1C(CN)(NS(=O)(=O)c1ccc(C)cc1)c1ccccc1OC. The first-order chi connectivity index (χ1) is 14.4. The molecule has 0 saturated carbocycles. The van der Waals surface area contributed by atoms with Crippen LogP contribution in [0.2, 0.25) is 0 Å². The lowest BCUT2D eigenvalue weighted by molar-refractivity contribution is 0.369. The van der Waals surface area contributed by atoms with Gasteiger partial charge in [0.1, 0.15) is 17.0 Å². The zero-order valence-electron chi connectivity index (χ0n) is 17.3. The van der Waals surface area contributed by atoms with Crippen LogP contribution in [0.4, 0.5) is 0 Å². The van der Waals surface area contributed by atoms with Crippen molar-refractivity contribution in [2.45, 2.75) is 17.4 Å². The van der Waals surface area contributed by atoms with Gasteiger partial charge >= 0.3 is 0 Å². The van der Waals surface area contributed by atoms with Crippen LogP contribution in [0.1, 0.15) is 16.7 Å². The van der Waals surface area contributed by atoms with Gasteiger partial charge in [0.2, 0.25) is 10.0 Å². The summed E-state index contributed by atoms with van der Waals surface area (Å²) in [7, 11) is -0.857. The summed E-state index contributed by atoms with van der Waals surface area (Å²) < 4.78 is 40.8. The number of ether oxygens (including phenoxy) is 2. The van der Waals surface area contributed by atoms with Gasteiger partial charge < -0.3 is 15.2 Å². The minimum absolute atomic E-state index is 0.0567. The number of hydrogen-bond donors (Lipinski definition) is 2. The van der Waals surface area contributed by atoms with Crippen molar-refractivity contribution in [2.75, 3.05) is 20.8 Å². The van der Waals surface area contributed by atoms with Crippen LogP contribution in [0.5, 0.6) is 11.5 Å². The number of methoxy groups -OCH3 is 2. The van der Waals surface area contributed by atoms with E-state index in [0.717, 1.165) is 5.56 Å². The number of benzene rings is 3. The number of rotatable bonds is 8. The molecule has 0 unspecified atom stereocenters. The second kappa shape index (κ2) is 8.87. The molecule has 0 fully saturated rings. The van der Waals surface area contributed by atoms with Crippen molar-refractivity contribution in [1.82, 2.24) is 4.72 Å². The molecule has 0 amide bonds. The minimum atomic E-state index is -3.93. The Kier molecular flexibility index (Phi) is 6.45. The van der Waals surface area contributed by atoms with Gasteiger partial charge in [0.05, 0.1) is 19.1 Å². The van der Waals surface area contributed by atoms with E-state index in [1.165, 1.54) is 14.2 Å². The zero-order valence-corrected chi connectivity index (χ0v) is 18.1. The van der Waals surface area contributed by atoms with Crippen LogP contribution >= 0.6 is 0 Å². The molecule has 3 aromatic carbocycles. The molecule has 0 heterocycles. The predicted molar refractivity (Wildman–Crippen MR) is 117 cm³/mol. The van der Waals surface area contributed by atoms with Gasteiger partial charge in [0.25, 0.3) is 0 Å². The maximum absolute atomic E-state index is 13.4. The third kappa shape index (κ3) is 4.05. The van der Waals surface area contributed by atoms with E-state index in [1.54, 1.807) is 48.5 Å². The van der Waals surface area contributed by atoms with Crippen LogP contribution in [-0.4, -0.2) is 29.2 Å². The van der Waals surface area contributed by atoms with E-state index in [2.05, 4.69) is 4.72 Å². The van der Waals surface area contributed by atoms with Gasteiger partial charge in [-0.05, 0) is 31.2 Å². The first-order valence-electron chi connectivity index (χ1n) is 9.45. The van der Waals surface area contributed by atoms with Crippen LogP contribution in [0.25, 0.3) is 0 Å². The first-order valence-corrected chi connectivity index (χ1v) is 10.9. The van der Waals surface area contributed by atoms with Crippen molar-refractivity contribution in [2.24, 2.45) is 5.73 Å². The second-order valence-corrected chi connectivity index (χ2v) is 8.61. The van der Waals surface area contributed by atoms with Crippen LogP contribution in [0.15, 0.2) is 77.7 Å². The molecule has 3 rings (SSSR count). The maximum Gasteiger partial charge on any atom is 0.241 e. The van der Waals surface area contributed by atoms with E-state index in [0.29, 0.717) is 22.6 Å². The molecule has 0 radical (unpaired) electrons. The molecule has 0 aliphatic heterocycles. The fourth-order valence-electron chi connectivity index (χ4n) is 3.52. The fraction of sp³-hybridized carbons (Fsp3) is 0.217. The lowest BCUT2D eigenvalue weighted by Crippen LogP contribution is -2.52. The highest BCUT2D eigenvalue weighted by molar-refractivity contribution is 7.89. The monoisotopic (exact) mass is 426 g/mol. The summed E-state index contributed by atoms with van der Waals surface area (Å²) in [6.07, 6.45) is 0. The third-order valence-corrected chi connectivity index (χ3v) is 6.59. The zero-order chi connectivity index (χ0) is 21.8. The second-order valence-electron chi connectivity index (χ2n) is 6.93. The average molecular weight is 427 g/mol. The van der Waals surface area contributed by atoms with Crippen LogP contribution in [0.3, 0.4) is 0 Å². The molecule has 30 heavy (non-hydrogen) atoms. The van der Waals surface area contributed by atoms with Crippen molar-refractivity contribution in [3.8, 4) is 11.5 Å². The number of para-hydroxylation sites is 2. The van der Waals surface area contributed by atoms with E-state index in [9.17, 15) is 8.42 Å². The van der Waals surface area contributed by atoms with Crippen molar-refractivity contribution in [3.63, 3.8) is 0 Å². The average Bonchev–Trinajstić information content (AvgIpc) is 2.78. The number of nitrogens with two attached hydrogens (primary N) is 1. The van der Waals surface area contributed by atoms with Gasteiger partial charge in [-0.2, -0.15) is 4.72 Å². The van der Waals surface area contributed by atoms with Gasteiger partial charge in [-0.15, -0.1) is 0 Å². The molecule has 0 bridgehead atoms. The number of nitrogens with one attached hydrogen (secondary N) is 1. The molecule has 0 spiro atoms. The van der Waals surface area contributed by atoms with Gasteiger partial charge in [-0.3, -0.25) is 0 Å². The summed E-state index contributed by atoms with van der Waals surface area (Å²) >= 11 is 0. The molecule has 3 N–H and O–H groups in total. The summed E-state index contributed by atoms with van der Waals surface area (Å²) in [4.78, 5) is 0.149. The Labute approximate surface area is 177 Å². The van der Waals surface area contributed by atoms with E-state index in [-0.39, 0.29) is 11.4 Å². The summed E-state index contributed by atoms with van der Waals surface area (Å²) in [6, 6.07) is 21.1. The van der Waals surface area contributed by atoms with Crippen molar-refractivity contribution in [1.29, 1.82) is 0 Å². The highest BCUT2D eigenvalue weighted by Gasteiger charge is 2.41. The molecular formula is C23H26N2O4S. The molecule has 158 valence electrons. The van der Waals surface area contributed by atoms with Gasteiger partial charge in [0, 0.05) is 17.7 Å². The van der Waals surface area contributed by atoms with E-state index >= 15 is 0 Å². The van der Waals surface area contributed by atoms with Crippen LogP contribution in [-0.2, 0) is 15.6 Å². The summed E-state index contributed by atoms with van der Waals surface area (Å²) in [5.74, 6) is 1.03. The Hall–Kier alpha value is -2.87. The van der Waals surface area contributed by atoms with Crippen molar-refractivity contribution in [3.05, 3.63) is 89.5 Å². The number of sulfonamides is 1. The fourth-order valence-corrected chi connectivity index (χ4v) is 4.89. The van der Waals surface area contributed by atoms with E-state index in [1.807, 2.05) is 31.2 Å². The molecule has 0 saturated heterocycles. The van der Waals surface area contributed by atoms with Crippen LogP contribution in [0, 0.1) is 6.92 Å². The molecule has 0 aliphatic rings. The summed E-state index contributed by atoms with van der Waals surface area (Å²) in [6.45, 7) is 1.84. The van der Waals surface area contributed by atoms with E-state index < -0.39 is 15.6 Å². The van der Waals surface area contributed by atoms with Gasteiger partial charge in [-0.25, -0.2) is 8.42 Å². The molecule has 6 nitrogen and oxygen atoms in total. The van der Waals surface area contributed by atoms with Gasteiger partial charge in [0.15, 0.2) is 0 Å².